The summed E-state index contributed by atoms with van der Waals surface area (Å²) in [5.41, 5.74) is 0. The van der Waals surface area contributed by atoms with Crippen molar-refractivity contribution in [2.45, 2.75) is 58.5 Å². The molecule has 0 unspecified atom stereocenters. The Balaban J connectivity index is 1.43. The number of hydrogen-bond donors (Lipinski definition) is 2. The van der Waals surface area contributed by atoms with Crippen LogP contribution >= 0.6 is 0 Å². The third-order valence-corrected chi connectivity index (χ3v) is 4.71. The van der Waals surface area contributed by atoms with Gasteiger partial charge in [-0.3, -0.25) is 4.99 Å². The van der Waals surface area contributed by atoms with Crippen molar-refractivity contribution in [2.75, 3.05) is 20.1 Å². The van der Waals surface area contributed by atoms with E-state index in [4.69, 9.17) is 0 Å². The predicted molar refractivity (Wildman–Crippen MR) is 100 cm³/mol. The van der Waals surface area contributed by atoms with Crippen molar-refractivity contribution in [3.63, 3.8) is 0 Å². The molecule has 3 rings (SSSR count). The van der Waals surface area contributed by atoms with Crippen LogP contribution < -0.4 is 10.6 Å². The number of hydrogen-bond acceptors (Lipinski definition) is 5. The van der Waals surface area contributed by atoms with Crippen molar-refractivity contribution < 1.29 is 0 Å². The molecule has 0 aliphatic carbocycles. The van der Waals surface area contributed by atoms with Crippen molar-refractivity contribution in [1.82, 2.24) is 40.2 Å². The number of aryl methyl sites for hydroxylation is 2. The summed E-state index contributed by atoms with van der Waals surface area (Å²) in [5, 5.41) is 23.5. The second kappa shape index (κ2) is 9.30. The Morgan fingerprint density at radius 2 is 2.00 bits per heavy atom. The largest absolute Gasteiger partial charge is 0.356 e. The van der Waals surface area contributed by atoms with E-state index < -0.39 is 0 Å². The van der Waals surface area contributed by atoms with Crippen LogP contribution in [0.4, 0.5) is 0 Å². The monoisotopic (exact) mass is 359 g/mol. The highest BCUT2D eigenvalue weighted by Gasteiger charge is 2.14. The molecule has 1 aliphatic heterocycles. The zero-order valence-electron chi connectivity index (χ0n) is 15.8. The third kappa shape index (κ3) is 4.59. The summed E-state index contributed by atoms with van der Waals surface area (Å²) < 4.78 is 4.36. The van der Waals surface area contributed by atoms with E-state index in [2.05, 4.69) is 52.1 Å². The molecule has 0 radical (unpaired) electrons. The first-order valence-corrected chi connectivity index (χ1v) is 9.54. The third-order valence-electron chi connectivity index (χ3n) is 4.71. The SMILES string of the molecule is CCc1nncn1CCNC(=NC)NCCc1nnc2n1CCCCC2. The van der Waals surface area contributed by atoms with E-state index in [0.717, 1.165) is 68.9 Å². The quantitative estimate of drug-likeness (QED) is 0.554. The van der Waals surface area contributed by atoms with Gasteiger partial charge < -0.3 is 19.8 Å². The Labute approximate surface area is 154 Å². The molecular weight excluding hydrogens is 330 g/mol. The second-order valence-corrected chi connectivity index (χ2v) is 6.46. The van der Waals surface area contributed by atoms with Gasteiger partial charge in [-0.15, -0.1) is 20.4 Å². The molecule has 0 fully saturated rings. The van der Waals surface area contributed by atoms with Crippen LogP contribution in [-0.2, 0) is 32.4 Å². The maximum absolute atomic E-state index is 4.37. The predicted octanol–water partition coefficient (Wildman–Crippen LogP) is 0.566. The lowest BCUT2D eigenvalue weighted by molar-refractivity contribution is 0.598. The molecule has 2 aromatic heterocycles. The number of fused-ring (bicyclic) bond motifs is 1. The fraction of sp³-hybridized carbons (Fsp3) is 0.706. The van der Waals surface area contributed by atoms with E-state index in [1.165, 1.54) is 19.3 Å². The highest BCUT2D eigenvalue weighted by Crippen LogP contribution is 2.14. The van der Waals surface area contributed by atoms with Gasteiger partial charge in [0.05, 0.1) is 0 Å². The van der Waals surface area contributed by atoms with Crippen LogP contribution in [0.15, 0.2) is 11.3 Å². The van der Waals surface area contributed by atoms with Crippen molar-refractivity contribution in [3.8, 4) is 0 Å². The minimum absolute atomic E-state index is 0.769. The zero-order valence-corrected chi connectivity index (χ0v) is 15.8. The number of guanidine groups is 1. The van der Waals surface area contributed by atoms with Crippen LogP contribution in [-0.4, -0.2) is 55.6 Å². The molecule has 9 nitrogen and oxygen atoms in total. The average molecular weight is 359 g/mol. The fourth-order valence-electron chi connectivity index (χ4n) is 3.28. The summed E-state index contributed by atoms with van der Waals surface area (Å²) in [6, 6.07) is 0. The van der Waals surface area contributed by atoms with E-state index in [9.17, 15) is 0 Å². The summed E-state index contributed by atoms with van der Waals surface area (Å²) in [6.07, 6.45) is 8.27. The average Bonchev–Trinajstić information content (AvgIpc) is 3.20. The molecule has 0 bridgehead atoms. The highest BCUT2D eigenvalue weighted by molar-refractivity contribution is 5.79. The fourth-order valence-corrected chi connectivity index (χ4v) is 3.28. The molecule has 0 saturated heterocycles. The van der Waals surface area contributed by atoms with Crippen molar-refractivity contribution in [2.24, 2.45) is 4.99 Å². The number of rotatable bonds is 7. The molecule has 3 heterocycles. The van der Waals surface area contributed by atoms with E-state index in [-0.39, 0.29) is 0 Å². The van der Waals surface area contributed by atoms with Gasteiger partial charge in [0.15, 0.2) is 5.96 Å². The lowest BCUT2D eigenvalue weighted by Crippen LogP contribution is -2.40. The van der Waals surface area contributed by atoms with Gasteiger partial charge in [0.1, 0.15) is 23.8 Å². The van der Waals surface area contributed by atoms with E-state index >= 15 is 0 Å². The zero-order chi connectivity index (χ0) is 18.2. The van der Waals surface area contributed by atoms with Gasteiger partial charge in [-0.25, -0.2) is 0 Å². The van der Waals surface area contributed by atoms with E-state index in [0.29, 0.717) is 0 Å². The van der Waals surface area contributed by atoms with Crippen LogP contribution in [0.5, 0.6) is 0 Å². The van der Waals surface area contributed by atoms with Crippen molar-refractivity contribution in [3.05, 3.63) is 23.8 Å². The van der Waals surface area contributed by atoms with Gasteiger partial charge in [-0.2, -0.15) is 0 Å². The minimum Gasteiger partial charge on any atom is -0.356 e. The van der Waals surface area contributed by atoms with Crippen LogP contribution in [0.3, 0.4) is 0 Å². The molecule has 0 saturated carbocycles. The van der Waals surface area contributed by atoms with E-state index in [1.807, 2.05) is 0 Å². The summed E-state index contributed by atoms with van der Waals surface area (Å²) in [6.45, 7) is 5.49. The minimum atomic E-state index is 0.769. The van der Waals surface area contributed by atoms with Crippen LogP contribution in [0.1, 0.15) is 43.7 Å². The van der Waals surface area contributed by atoms with Crippen molar-refractivity contribution in [1.29, 1.82) is 0 Å². The van der Waals surface area contributed by atoms with Gasteiger partial charge in [-0.1, -0.05) is 13.3 Å². The van der Waals surface area contributed by atoms with Crippen LogP contribution in [0.25, 0.3) is 0 Å². The lowest BCUT2D eigenvalue weighted by atomic mass is 10.2. The van der Waals surface area contributed by atoms with Crippen molar-refractivity contribution >= 4 is 5.96 Å². The maximum Gasteiger partial charge on any atom is 0.191 e. The normalized spacial score (nSPS) is 14.8. The molecule has 0 atom stereocenters. The Kier molecular flexibility index (Phi) is 6.56. The Morgan fingerprint density at radius 1 is 1.12 bits per heavy atom. The van der Waals surface area contributed by atoms with Gasteiger partial charge in [0, 0.05) is 52.5 Å². The Bertz CT molecular complexity index is 716. The molecular formula is C17H29N9. The first kappa shape index (κ1) is 18.3. The number of aromatic nitrogens is 6. The number of aliphatic imine (C=N–C) groups is 1. The molecule has 0 amide bonds. The van der Waals surface area contributed by atoms with Gasteiger partial charge in [-0.05, 0) is 12.8 Å². The molecule has 9 heteroatoms. The maximum atomic E-state index is 4.37. The molecule has 142 valence electrons. The molecule has 2 N–H and O–H groups in total. The summed E-state index contributed by atoms with van der Waals surface area (Å²) >= 11 is 0. The topological polar surface area (TPSA) is 97.8 Å². The van der Waals surface area contributed by atoms with Crippen LogP contribution in [0.2, 0.25) is 0 Å². The van der Waals surface area contributed by atoms with Gasteiger partial charge in [0.25, 0.3) is 0 Å². The number of nitrogens with one attached hydrogen (secondary N) is 2. The second-order valence-electron chi connectivity index (χ2n) is 6.46. The molecule has 26 heavy (non-hydrogen) atoms. The summed E-state index contributed by atoms with van der Waals surface area (Å²) in [7, 11) is 1.79. The molecule has 1 aliphatic rings. The number of nitrogens with zero attached hydrogens (tertiary/aromatic N) is 7. The van der Waals surface area contributed by atoms with Gasteiger partial charge in [0.2, 0.25) is 0 Å². The van der Waals surface area contributed by atoms with E-state index in [1.54, 1.807) is 13.4 Å². The Morgan fingerprint density at radius 3 is 2.85 bits per heavy atom. The molecule has 2 aromatic rings. The lowest BCUT2D eigenvalue weighted by Gasteiger charge is -2.13. The summed E-state index contributed by atoms with van der Waals surface area (Å²) in [5.74, 6) is 4.01. The first-order chi connectivity index (χ1) is 12.8. The molecule has 0 aromatic carbocycles. The summed E-state index contributed by atoms with van der Waals surface area (Å²) in [4.78, 5) is 4.28. The van der Waals surface area contributed by atoms with Crippen LogP contribution in [0, 0.1) is 0 Å². The van der Waals surface area contributed by atoms with Gasteiger partial charge >= 0.3 is 0 Å². The Hall–Kier alpha value is -2.45. The highest BCUT2D eigenvalue weighted by atomic mass is 15.3. The standard InChI is InChI=1S/C17H29N9/c1-3-14-22-21-13-25(14)12-10-20-17(18-2)19-9-8-16-24-23-15-7-5-4-6-11-26(15)16/h13H,3-12H2,1-2H3,(H2,18,19,20). The smallest absolute Gasteiger partial charge is 0.191 e. The first-order valence-electron chi connectivity index (χ1n) is 9.54. The molecule has 0 spiro atoms.